The van der Waals surface area contributed by atoms with Gasteiger partial charge in [0.15, 0.2) is 5.96 Å². The fourth-order valence-corrected chi connectivity index (χ4v) is 4.38. The van der Waals surface area contributed by atoms with Crippen molar-refractivity contribution >= 4 is 16.0 Å². The number of nitrogens with zero attached hydrogens (tertiary/aromatic N) is 2. The van der Waals surface area contributed by atoms with E-state index in [9.17, 15) is 8.42 Å². The Hall–Kier alpha value is -1.60. The van der Waals surface area contributed by atoms with Gasteiger partial charge in [-0.1, -0.05) is 45.0 Å². The second-order valence-electron chi connectivity index (χ2n) is 8.35. The van der Waals surface area contributed by atoms with Crippen molar-refractivity contribution in [2.24, 2.45) is 10.9 Å². The van der Waals surface area contributed by atoms with Crippen LogP contribution in [0.3, 0.4) is 0 Å². The molecule has 0 atom stereocenters. The summed E-state index contributed by atoms with van der Waals surface area (Å²) in [6.45, 7) is 9.44. The molecule has 6 nitrogen and oxygen atoms in total. The zero-order valence-electron chi connectivity index (χ0n) is 18.0. The first-order valence-corrected chi connectivity index (χ1v) is 12.0. The molecule has 1 fully saturated rings. The van der Waals surface area contributed by atoms with Gasteiger partial charge in [-0.3, -0.25) is 4.99 Å². The second kappa shape index (κ2) is 9.74. The molecule has 7 heteroatoms. The number of hydrogen-bond acceptors (Lipinski definition) is 3. The summed E-state index contributed by atoms with van der Waals surface area (Å²) in [5, 5.41) is 6.85. The molecular formula is C21H36N4O2S. The average molecular weight is 409 g/mol. The average Bonchev–Trinajstić information content (AvgIpc) is 2.68. The summed E-state index contributed by atoms with van der Waals surface area (Å²) in [7, 11) is -1.28. The lowest BCUT2D eigenvalue weighted by molar-refractivity contribution is 0.274. The Labute approximate surface area is 170 Å². The maximum Gasteiger partial charge on any atom is 0.211 e. The third-order valence-electron chi connectivity index (χ3n) is 5.67. The predicted molar refractivity (Wildman–Crippen MR) is 117 cm³/mol. The van der Waals surface area contributed by atoms with Crippen LogP contribution in [-0.4, -0.2) is 58.2 Å². The summed E-state index contributed by atoms with van der Waals surface area (Å²) in [4.78, 5) is 4.34. The van der Waals surface area contributed by atoms with Crippen LogP contribution in [0.15, 0.2) is 29.3 Å². The van der Waals surface area contributed by atoms with Crippen LogP contribution in [0, 0.1) is 5.92 Å². The quantitative estimate of drug-likeness (QED) is 0.537. The van der Waals surface area contributed by atoms with Crippen LogP contribution in [0.2, 0.25) is 0 Å². The van der Waals surface area contributed by atoms with E-state index in [1.165, 1.54) is 17.4 Å². The lowest BCUT2D eigenvalue weighted by Crippen LogP contribution is -2.46. The fourth-order valence-electron chi connectivity index (χ4n) is 3.51. The largest absolute Gasteiger partial charge is 0.356 e. The summed E-state index contributed by atoms with van der Waals surface area (Å²) in [5.74, 6) is 1.26. The Balaban J connectivity index is 1.81. The van der Waals surface area contributed by atoms with E-state index in [1.807, 2.05) is 0 Å². The zero-order chi connectivity index (χ0) is 20.8. The van der Waals surface area contributed by atoms with Gasteiger partial charge < -0.3 is 10.6 Å². The molecule has 1 heterocycles. The summed E-state index contributed by atoms with van der Waals surface area (Å²) in [5.41, 5.74) is 2.65. The minimum Gasteiger partial charge on any atom is -0.356 e. The van der Waals surface area contributed by atoms with Crippen molar-refractivity contribution in [3.63, 3.8) is 0 Å². The molecule has 1 aromatic carbocycles. The fraction of sp³-hybridized carbons (Fsp3) is 0.667. The smallest absolute Gasteiger partial charge is 0.211 e. The molecule has 0 bridgehead atoms. The van der Waals surface area contributed by atoms with Gasteiger partial charge in [-0.2, -0.15) is 0 Å². The first kappa shape index (κ1) is 22.7. The van der Waals surface area contributed by atoms with Gasteiger partial charge in [-0.25, -0.2) is 12.7 Å². The van der Waals surface area contributed by atoms with Crippen LogP contribution in [0.25, 0.3) is 0 Å². The summed E-state index contributed by atoms with van der Waals surface area (Å²) in [6, 6.07) is 8.83. The van der Waals surface area contributed by atoms with Crippen LogP contribution < -0.4 is 10.6 Å². The molecule has 1 aliphatic rings. The molecule has 0 aliphatic carbocycles. The van der Waals surface area contributed by atoms with Gasteiger partial charge in [0.1, 0.15) is 0 Å². The van der Waals surface area contributed by atoms with Gasteiger partial charge in [-0.15, -0.1) is 0 Å². The van der Waals surface area contributed by atoms with Crippen molar-refractivity contribution in [2.75, 3.05) is 39.5 Å². The van der Waals surface area contributed by atoms with Crippen molar-refractivity contribution < 1.29 is 8.42 Å². The topological polar surface area (TPSA) is 73.8 Å². The minimum atomic E-state index is -3.06. The third-order valence-corrected chi connectivity index (χ3v) is 6.97. The number of guanidine groups is 1. The molecule has 0 unspecified atom stereocenters. The maximum atomic E-state index is 11.6. The van der Waals surface area contributed by atoms with E-state index in [2.05, 4.69) is 60.7 Å². The van der Waals surface area contributed by atoms with Crippen LogP contribution in [0.5, 0.6) is 0 Å². The van der Waals surface area contributed by atoms with Crippen LogP contribution in [0.4, 0.5) is 0 Å². The predicted octanol–water partition coefficient (Wildman–Crippen LogP) is 2.36. The van der Waals surface area contributed by atoms with Gasteiger partial charge in [-0.05, 0) is 36.3 Å². The number of benzene rings is 1. The Morgan fingerprint density at radius 3 is 2.29 bits per heavy atom. The highest BCUT2D eigenvalue weighted by Crippen LogP contribution is 2.23. The van der Waals surface area contributed by atoms with E-state index in [4.69, 9.17) is 0 Å². The van der Waals surface area contributed by atoms with Crippen molar-refractivity contribution in [3.8, 4) is 0 Å². The van der Waals surface area contributed by atoms with E-state index in [-0.39, 0.29) is 5.41 Å². The highest BCUT2D eigenvalue weighted by Gasteiger charge is 2.25. The van der Waals surface area contributed by atoms with E-state index >= 15 is 0 Å². The number of hydrogen-bond donors (Lipinski definition) is 2. The maximum absolute atomic E-state index is 11.6. The van der Waals surface area contributed by atoms with Crippen molar-refractivity contribution in [1.82, 2.24) is 14.9 Å². The molecule has 28 heavy (non-hydrogen) atoms. The summed E-state index contributed by atoms with van der Waals surface area (Å²) < 4.78 is 24.8. The zero-order valence-corrected chi connectivity index (χ0v) is 18.8. The molecule has 1 aromatic rings. The molecule has 2 rings (SSSR count). The van der Waals surface area contributed by atoms with Crippen molar-refractivity contribution in [1.29, 1.82) is 0 Å². The Morgan fingerprint density at radius 2 is 1.79 bits per heavy atom. The van der Waals surface area contributed by atoms with E-state index in [1.54, 1.807) is 11.4 Å². The SMILES string of the molecule is CCc1ccc(C(C)(C)CNC(=NC)NCC2CCN(S(C)(=O)=O)CC2)cc1. The van der Waals surface area contributed by atoms with E-state index in [0.717, 1.165) is 38.3 Å². The number of aryl methyl sites for hydroxylation is 1. The van der Waals surface area contributed by atoms with Gasteiger partial charge in [0.05, 0.1) is 6.26 Å². The minimum absolute atomic E-state index is 0.00921. The second-order valence-corrected chi connectivity index (χ2v) is 10.3. The van der Waals surface area contributed by atoms with Gasteiger partial charge in [0, 0.05) is 38.6 Å². The summed E-state index contributed by atoms with van der Waals surface area (Å²) in [6.07, 6.45) is 4.10. The highest BCUT2D eigenvalue weighted by molar-refractivity contribution is 7.88. The van der Waals surface area contributed by atoms with Crippen LogP contribution in [0.1, 0.15) is 44.7 Å². The number of piperidine rings is 1. The molecule has 0 aromatic heterocycles. The Morgan fingerprint density at radius 1 is 1.18 bits per heavy atom. The number of sulfonamides is 1. The highest BCUT2D eigenvalue weighted by atomic mass is 32.2. The first-order valence-electron chi connectivity index (χ1n) is 10.1. The molecule has 1 aliphatic heterocycles. The molecule has 158 valence electrons. The van der Waals surface area contributed by atoms with E-state index < -0.39 is 10.0 Å². The number of rotatable bonds is 7. The molecular weight excluding hydrogens is 372 g/mol. The molecule has 1 saturated heterocycles. The standard InChI is InChI=1S/C21H36N4O2S/c1-6-17-7-9-19(10-8-17)21(2,3)16-24-20(22-4)23-15-18-11-13-25(14-12-18)28(5,26)27/h7-10,18H,6,11-16H2,1-5H3,(H2,22,23,24). The molecule has 0 spiro atoms. The number of aliphatic imine (C=N–C) groups is 1. The first-order chi connectivity index (χ1) is 13.2. The van der Waals surface area contributed by atoms with Crippen LogP contribution in [-0.2, 0) is 21.9 Å². The monoisotopic (exact) mass is 408 g/mol. The third kappa shape index (κ3) is 6.48. The Bertz CT molecular complexity index is 749. The summed E-state index contributed by atoms with van der Waals surface area (Å²) >= 11 is 0. The normalized spacial score (nSPS) is 17.5. The lowest BCUT2D eigenvalue weighted by Gasteiger charge is -2.31. The van der Waals surface area contributed by atoms with Crippen LogP contribution >= 0.6 is 0 Å². The van der Waals surface area contributed by atoms with Gasteiger partial charge >= 0.3 is 0 Å². The molecule has 0 amide bonds. The lowest BCUT2D eigenvalue weighted by atomic mass is 9.84. The van der Waals surface area contributed by atoms with Gasteiger partial charge in [0.25, 0.3) is 0 Å². The molecule has 0 saturated carbocycles. The molecule has 2 N–H and O–H groups in total. The number of nitrogens with one attached hydrogen (secondary N) is 2. The van der Waals surface area contributed by atoms with Crippen molar-refractivity contribution in [3.05, 3.63) is 35.4 Å². The van der Waals surface area contributed by atoms with Gasteiger partial charge in [0.2, 0.25) is 10.0 Å². The Kier molecular flexibility index (Phi) is 7.89. The molecule has 0 radical (unpaired) electrons. The van der Waals surface area contributed by atoms with Crippen molar-refractivity contribution in [2.45, 2.75) is 45.4 Å². The van der Waals surface area contributed by atoms with E-state index in [0.29, 0.717) is 19.0 Å².